The highest BCUT2D eigenvalue weighted by Crippen LogP contribution is 1.82. The van der Waals surface area contributed by atoms with E-state index in [2.05, 4.69) is 15.3 Å². The zero-order chi connectivity index (χ0) is 6.41. The predicted octanol–water partition coefficient (Wildman–Crippen LogP) is 0.923. The summed E-state index contributed by atoms with van der Waals surface area (Å²) in [5, 5.41) is 0. The first kappa shape index (κ1) is 7.43. The lowest BCUT2D eigenvalue weighted by molar-refractivity contribution is 0.213. The van der Waals surface area contributed by atoms with Crippen molar-refractivity contribution >= 4 is 5.90 Å². The van der Waals surface area contributed by atoms with Gasteiger partial charge in [-0.3, -0.25) is 0 Å². The SMILES string of the molecule is CC.CC1=NCNO1. The van der Waals surface area contributed by atoms with Crippen LogP contribution in [0.3, 0.4) is 0 Å². The minimum Gasteiger partial charge on any atom is -0.392 e. The van der Waals surface area contributed by atoms with E-state index >= 15 is 0 Å². The molecular weight excluding hydrogens is 104 g/mol. The van der Waals surface area contributed by atoms with Gasteiger partial charge < -0.3 is 4.84 Å². The molecule has 0 aliphatic carbocycles. The Hall–Kier alpha value is -0.570. The summed E-state index contributed by atoms with van der Waals surface area (Å²) in [6.45, 7) is 6.41. The van der Waals surface area contributed by atoms with Gasteiger partial charge in [-0.2, -0.15) is 0 Å². The Kier molecular flexibility index (Phi) is 4.26. The molecule has 8 heavy (non-hydrogen) atoms. The molecule has 1 aliphatic rings. The average molecular weight is 116 g/mol. The van der Waals surface area contributed by atoms with Crippen molar-refractivity contribution in [3.05, 3.63) is 0 Å². The first-order chi connectivity index (χ1) is 3.89. The fraction of sp³-hybridized carbons (Fsp3) is 0.800. The summed E-state index contributed by atoms with van der Waals surface area (Å²) >= 11 is 0. The number of aliphatic imine (C=N–C) groups is 1. The molecule has 0 atom stereocenters. The number of nitrogens with one attached hydrogen (secondary N) is 1. The molecule has 1 aliphatic heterocycles. The van der Waals surface area contributed by atoms with E-state index in [1.807, 2.05) is 13.8 Å². The molecule has 0 saturated carbocycles. The third kappa shape index (κ3) is 2.58. The maximum atomic E-state index is 4.65. The Morgan fingerprint density at radius 1 is 1.62 bits per heavy atom. The summed E-state index contributed by atoms with van der Waals surface area (Å²) in [6.07, 6.45) is 0. The highest BCUT2D eigenvalue weighted by molar-refractivity contribution is 5.73. The molecule has 0 aromatic carbocycles. The number of rotatable bonds is 0. The van der Waals surface area contributed by atoms with Crippen LogP contribution >= 0.6 is 0 Å². The van der Waals surface area contributed by atoms with E-state index in [-0.39, 0.29) is 0 Å². The standard InChI is InChI=1S/C3H6N2O.C2H6/c1-3-4-2-5-6-3;1-2/h5H,2H2,1H3;1-2H3. The molecular formula is C5H12N2O. The van der Waals surface area contributed by atoms with Gasteiger partial charge in [-0.1, -0.05) is 13.8 Å². The molecule has 0 bridgehead atoms. The highest BCUT2D eigenvalue weighted by atomic mass is 16.7. The van der Waals surface area contributed by atoms with Gasteiger partial charge in [-0.25, -0.2) is 4.99 Å². The molecule has 3 nitrogen and oxygen atoms in total. The summed E-state index contributed by atoms with van der Waals surface area (Å²) in [6, 6.07) is 0. The van der Waals surface area contributed by atoms with Gasteiger partial charge in [0.15, 0.2) is 0 Å². The molecule has 1 N–H and O–H groups in total. The van der Waals surface area contributed by atoms with E-state index in [1.54, 1.807) is 6.92 Å². The van der Waals surface area contributed by atoms with Gasteiger partial charge in [0.2, 0.25) is 5.90 Å². The molecule has 48 valence electrons. The van der Waals surface area contributed by atoms with Crippen LogP contribution in [-0.2, 0) is 4.84 Å². The third-order valence-corrected chi connectivity index (χ3v) is 0.586. The van der Waals surface area contributed by atoms with Crippen molar-refractivity contribution in [2.24, 2.45) is 4.99 Å². The second-order valence-corrected chi connectivity index (χ2v) is 1.08. The number of hydrogen-bond acceptors (Lipinski definition) is 3. The Labute approximate surface area is 49.7 Å². The fourth-order valence-electron chi connectivity index (χ4n) is 0.313. The van der Waals surface area contributed by atoms with Crippen LogP contribution in [0.4, 0.5) is 0 Å². The molecule has 0 radical (unpaired) electrons. The van der Waals surface area contributed by atoms with Crippen LogP contribution in [0.5, 0.6) is 0 Å². The Balaban J connectivity index is 0.000000222. The van der Waals surface area contributed by atoms with E-state index in [4.69, 9.17) is 0 Å². The lowest BCUT2D eigenvalue weighted by Crippen LogP contribution is -2.06. The van der Waals surface area contributed by atoms with Crippen LogP contribution in [0.15, 0.2) is 4.99 Å². The summed E-state index contributed by atoms with van der Waals surface area (Å²) in [7, 11) is 0. The van der Waals surface area contributed by atoms with Crippen LogP contribution in [-0.4, -0.2) is 12.6 Å². The smallest absolute Gasteiger partial charge is 0.207 e. The Morgan fingerprint density at radius 3 is 2.38 bits per heavy atom. The fourth-order valence-corrected chi connectivity index (χ4v) is 0.313. The maximum absolute atomic E-state index is 4.65. The maximum Gasteiger partial charge on any atom is 0.207 e. The predicted molar refractivity (Wildman–Crippen MR) is 33.5 cm³/mol. The van der Waals surface area contributed by atoms with Crippen molar-refractivity contribution in [1.29, 1.82) is 0 Å². The number of nitrogens with zero attached hydrogens (tertiary/aromatic N) is 1. The van der Waals surface area contributed by atoms with E-state index < -0.39 is 0 Å². The number of hydrogen-bond donors (Lipinski definition) is 1. The molecule has 0 spiro atoms. The van der Waals surface area contributed by atoms with Gasteiger partial charge in [0, 0.05) is 6.92 Å². The minimum absolute atomic E-state index is 0.603. The lowest BCUT2D eigenvalue weighted by atomic mass is 10.8. The highest BCUT2D eigenvalue weighted by Gasteiger charge is 1.95. The molecule has 1 heterocycles. The van der Waals surface area contributed by atoms with Crippen molar-refractivity contribution in [3.63, 3.8) is 0 Å². The molecule has 0 aromatic rings. The summed E-state index contributed by atoms with van der Waals surface area (Å²) in [5.74, 6) is 0.718. The van der Waals surface area contributed by atoms with Crippen molar-refractivity contribution in [3.8, 4) is 0 Å². The van der Waals surface area contributed by atoms with Crippen LogP contribution in [0.2, 0.25) is 0 Å². The van der Waals surface area contributed by atoms with Crippen LogP contribution in [0, 0.1) is 0 Å². The van der Waals surface area contributed by atoms with Gasteiger partial charge in [-0.05, 0) is 0 Å². The topological polar surface area (TPSA) is 33.6 Å². The molecule has 0 fully saturated rings. The van der Waals surface area contributed by atoms with Gasteiger partial charge in [0.1, 0.15) is 6.67 Å². The first-order valence-electron chi connectivity index (χ1n) is 2.80. The molecule has 0 unspecified atom stereocenters. The Bertz CT molecular complexity index is 80.5. The van der Waals surface area contributed by atoms with Gasteiger partial charge in [0.05, 0.1) is 0 Å². The van der Waals surface area contributed by atoms with Crippen molar-refractivity contribution in [2.45, 2.75) is 20.8 Å². The zero-order valence-electron chi connectivity index (χ0n) is 5.56. The minimum atomic E-state index is 0.603. The number of hydroxylamine groups is 1. The second kappa shape index (κ2) is 4.59. The van der Waals surface area contributed by atoms with Crippen molar-refractivity contribution in [2.75, 3.05) is 6.67 Å². The average Bonchev–Trinajstić information content (AvgIpc) is 2.24. The summed E-state index contributed by atoms with van der Waals surface area (Å²) in [5.41, 5.74) is 2.57. The van der Waals surface area contributed by atoms with Crippen LogP contribution in [0.25, 0.3) is 0 Å². The van der Waals surface area contributed by atoms with Crippen molar-refractivity contribution < 1.29 is 4.84 Å². The van der Waals surface area contributed by atoms with E-state index in [0.717, 1.165) is 5.90 Å². The molecule has 0 amide bonds. The Morgan fingerprint density at radius 2 is 2.25 bits per heavy atom. The van der Waals surface area contributed by atoms with E-state index in [0.29, 0.717) is 6.67 Å². The van der Waals surface area contributed by atoms with Gasteiger partial charge in [0.25, 0.3) is 0 Å². The molecule has 3 heteroatoms. The van der Waals surface area contributed by atoms with E-state index in [1.165, 1.54) is 0 Å². The van der Waals surface area contributed by atoms with Gasteiger partial charge >= 0.3 is 0 Å². The molecule has 0 aromatic heterocycles. The quantitative estimate of drug-likeness (QED) is 0.510. The van der Waals surface area contributed by atoms with Gasteiger partial charge in [-0.15, -0.1) is 5.48 Å². The van der Waals surface area contributed by atoms with E-state index in [9.17, 15) is 0 Å². The largest absolute Gasteiger partial charge is 0.392 e. The molecule has 1 rings (SSSR count). The second-order valence-electron chi connectivity index (χ2n) is 1.08. The zero-order valence-corrected chi connectivity index (χ0v) is 5.56. The van der Waals surface area contributed by atoms with Crippen LogP contribution in [0.1, 0.15) is 20.8 Å². The van der Waals surface area contributed by atoms with Crippen molar-refractivity contribution in [1.82, 2.24) is 5.48 Å². The normalized spacial score (nSPS) is 15.6. The summed E-state index contributed by atoms with van der Waals surface area (Å²) in [4.78, 5) is 8.47. The first-order valence-corrected chi connectivity index (χ1v) is 2.80. The lowest BCUT2D eigenvalue weighted by Gasteiger charge is -1.86. The third-order valence-electron chi connectivity index (χ3n) is 0.586. The monoisotopic (exact) mass is 116 g/mol. The van der Waals surface area contributed by atoms with Crippen LogP contribution < -0.4 is 5.48 Å². The summed E-state index contributed by atoms with van der Waals surface area (Å²) < 4.78 is 0. The molecule has 0 saturated heterocycles.